The molecule has 0 bridgehead atoms. The second-order valence-electron chi connectivity index (χ2n) is 4.61. The monoisotopic (exact) mass is 249 g/mol. The van der Waals surface area contributed by atoms with Crippen LogP contribution >= 0.6 is 0 Å². The van der Waals surface area contributed by atoms with E-state index in [1.54, 1.807) is 6.92 Å². The normalized spacial score (nSPS) is 20.1. The molecule has 5 heteroatoms. The van der Waals surface area contributed by atoms with E-state index in [-0.39, 0.29) is 5.91 Å². The van der Waals surface area contributed by atoms with Gasteiger partial charge in [-0.25, -0.2) is 5.01 Å². The SMILES string of the molecule is CC(N)(C(=O)NN1CCOCC1)c1ccccc1. The minimum atomic E-state index is -1.03. The van der Waals surface area contributed by atoms with Crippen molar-refractivity contribution in [2.24, 2.45) is 5.73 Å². The topological polar surface area (TPSA) is 67.6 Å². The fourth-order valence-corrected chi connectivity index (χ4v) is 1.85. The maximum Gasteiger partial charge on any atom is 0.258 e. The predicted octanol–water partition coefficient (Wildman–Crippen LogP) is 0.224. The average Bonchev–Trinajstić information content (AvgIpc) is 2.41. The number of hydrogen-bond acceptors (Lipinski definition) is 4. The van der Waals surface area contributed by atoms with Crippen LogP contribution in [0.4, 0.5) is 0 Å². The average molecular weight is 249 g/mol. The highest BCUT2D eigenvalue weighted by Gasteiger charge is 2.31. The van der Waals surface area contributed by atoms with Gasteiger partial charge in [-0.2, -0.15) is 0 Å². The molecule has 1 amide bonds. The zero-order chi connectivity index (χ0) is 13.0. The predicted molar refractivity (Wildman–Crippen MR) is 68.5 cm³/mol. The van der Waals surface area contributed by atoms with Crippen LogP contribution in [0, 0.1) is 0 Å². The summed E-state index contributed by atoms with van der Waals surface area (Å²) in [5.41, 5.74) is 8.75. The quantitative estimate of drug-likeness (QED) is 0.804. The molecule has 1 saturated heterocycles. The molecule has 3 N–H and O–H groups in total. The Balaban J connectivity index is 2.03. The van der Waals surface area contributed by atoms with Crippen molar-refractivity contribution in [1.29, 1.82) is 0 Å². The van der Waals surface area contributed by atoms with Crippen molar-refractivity contribution in [2.75, 3.05) is 26.3 Å². The fourth-order valence-electron chi connectivity index (χ4n) is 1.85. The van der Waals surface area contributed by atoms with E-state index in [1.165, 1.54) is 0 Å². The number of ether oxygens (including phenoxy) is 1. The standard InChI is InChI=1S/C13H19N3O2/c1-13(14,11-5-3-2-4-6-11)12(17)15-16-7-9-18-10-8-16/h2-6H,7-10,14H2,1H3,(H,15,17). The van der Waals surface area contributed by atoms with Gasteiger partial charge in [0.15, 0.2) is 0 Å². The lowest BCUT2D eigenvalue weighted by molar-refractivity contribution is -0.133. The molecule has 0 saturated carbocycles. The Bertz CT molecular complexity index is 400. The van der Waals surface area contributed by atoms with Gasteiger partial charge in [0.05, 0.1) is 13.2 Å². The van der Waals surface area contributed by atoms with Crippen molar-refractivity contribution >= 4 is 5.91 Å². The number of benzene rings is 1. The molecule has 1 unspecified atom stereocenters. The summed E-state index contributed by atoms with van der Waals surface area (Å²) in [4.78, 5) is 12.2. The Kier molecular flexibility index (Phi) is 3.96. The summed E-state index contributed by atoms with van der Waals surface area (Å²) in [6, 6.07) is 9.38. The first-order valence-corrected chi connectivity index (χ1v) is 6.09. The molecule has 98 valence electrons. The van der Waals surface area contributed by atoms with Gasteiger partial charge in [0.25, 0.3) is 5.91 Å². The third-order valence-corrected chi connectivity index (χ3v) is 3.12. The van der Waals surface area contributed by atoms with Crippen molar-refractivity contribution in [3.05, 3.63) is 35.9 Å². The number of morpholine rings is 1. The molecule has 1 fully saturated rings. The van der Waals surface area contributed by atoms with Gasteiger partial charge in [0.2, 0.25) is 0 Å². The molecule has 5 nitrogen and oxygen atoms in total. The molecule has 1 heterocycles. The van der Waals surface area contributed by atoms with E-state index >= 15 is 0 Å². The largest absolute Gasteiger partial charge is 0.379 e. The smallest absolute Gasteiger partial charge is 0.258 e. The number of hydrogen-bond donors (Lipinski definition) is 2. The fraction of sp³-hybridized carbons (Fsp3) is 0.462. The molecule has 18 heavy (non-hydrogen) atoms. The third kappa shape index (κ3) is 2.87. The number of carbonyl (C=O) groups excluding carboxylic acids is 1. The molecule has 0 aliphatic carbocycles. The van der Waals surface area contributed by atoms with E-state index in [0.717, 1.165) is 5.56 Å². The highest BCUT2D eigenvalue weighted by Crippen LogP contribution is 2.17. The second-order valence-corrected chi connectivity index (χ2v) is 4.61. The zero-order valence-electron chi connectivity index (χ0n) is 10.6. The Hall–Kier alpha value is -1.43. The molecular formula is C13H19N3O2. The summed E-state index contributed by atoms with van der Waals surface area (Å²) in [5.74, 6) is -0.199. The van der Waals surface area contributed by atoms with Gasteiger partial charge in [0.1, 0.15) is 5.54 Å². The maximum absolute atomic E-state index is 12.2. The zero-order valence-corrected chi connectivity index (χ0v) is 10.6. The summed E-state index contributed by atoms with van der Waals surface area (Å²) in [5, 5.41) is 1.85. The molecule has 1 atom stereocenters. The molecular weight excluding hydrogens is 230 g/mol. The van der Waals surface area contributed by atoms with Crippen LogP contribution in [0.3, 0.4) is 0 Å². The van der Waals surface area contributed by atoms with Gasteiger partial charge in [-0.05, 0) is 12.5 Å². The number of nitrogens with two attached hydrogens (primary N) is 1. The molecule has 1 aromatic carbocycles. The van der Waals surface area contributed by atoms with Crippen LogP contribution in [0.5, 0.6) is 0 Å². The number of carbonyl (C=O) groups is 1. The van der Waals surface area contributed by atoms with E-state index in [4.69, 9.17) is 10.5 Å². The summed E-state index contributed by atoms with van der Waals surface area (Å²) in [6.07, 6.45) is 0. The molecule has 0 radical (unpaired) electrons. The van der Waals surface area contributed by atoms with Crippen LogP contribution in [0.1, 0.15) is 12.5 Å². The first-order chi connectivity index (χ1) is 8.60. The minimum Gasteiger partial charge on any atom is -0.379 e. The summed E-state index contributed by atoms with van der Waals surface area (Å²) < 4.78 is 5.23. The molecule has 1 aliphatic heterocycles. The Labute approximate surface area is 107 Å². The van der Waals surface area contributed by atoms with Crippen molar-refractivity contribution in [3.63, 3.8) is 0 Å². The van der Waals surface area contributed by atoms with Gasteiger partial charge < -0.3 is 10.5 Å². The van der Waals surface area contributed by atoms with Gasteiger partial charge in [-0.3, -0.25) is 10.2 Å². The van der Waals surface area contributed by atoms with Crippen molar-refractivity contribution in [2.45, 2.75) is 12.5 Å². The lowest BCUT2D eigenvalue weighted by Gasteiger charge is -2.31. The first-order valence-electron chi connectivity index (χ1n) is 6.09. The second kappa shape index (κ2) is 5.48. The van der Waals surface area contributed by atoms with Crippen LogP contribution < -0.4 is 11.2 Å². The number of rotatable bonds is 3. The summed E-state index contributed by atoms with van der Waals surface area (Å²) in [7, 11) is 0. The molecule has 2 rings (SSSR count). The lowest BCUT2D eigenvalue weighted by Crippen LogP contribution is -2.56. The number of nitrogens with zero attached hydrogens (tertiary/aromatic N) is 1. The first kappa shape index (κ1) is 13.0. The van der Waals surface area contributed by atoms with Crippen LogP contribution in [-0.4, -0.2) is 37.2 Å². The number of amides is 1. The van der Waals surface area contributed by atoms with Gasteiger partial charge >= 0.3 is 0 Å². The number of nitrogens with one attached hydrogen (secondary N) is 1. The van der Waals surface area contributed by atoms with Gasteiger partial charge in [-0.15, -0.1) is 0 Å². The lowest BCUT2D eigenvalue weighted by atomic mass is 9.92. The van der Waals surface area contributed by atoms with Crippen LogP contribution in [0.15, 0.2) is 30.3 Å². The van der Waals surface area contributed by atoms with Crippen LogP contribution in [0.25, 0.3) is 0 Å². The van der Waals surface area contributed by atoms with Crippen LogP contribution in [-0.2, 0) is 15.1 Å². The minimum absolute atomic E-state index is 0.199. The van der Waals surface area contributed by atoms with E-state index < -0.39 is 5.54 Å². The Morgan fingerprint density at radius 1 is 1.33 bits per heavy atom. The van der Waals surface area contributed by atoms with Crippen molar-refractivity contribution in [3.8, 4) is 0 Å². The highest BCUT2D eigenvalue weighted by atomic mass is 16.5. The van der Waals surface area contributed by atoms with Crippen molar-refractivity contribution < 1.29 is 9.53 Å². The van der Waals surface area contributed by atoms with Crippen LogP contribution in [0.2, 0.25) is 0 Å². The Morgan fingerprint density at radius 3 is 2.56 bits per heavy atom. The Morgan fingerprint density at radius 2 is 1.94 bits per heavy atom. The highest BCUT2D eigenvalue weighted by molar-refractivity contribution is 5.86. The maximum atomic E-state index is 12.2. The number of hydrazine groups is 1. The van der Waals surface area contributed by atoms with E-state index in [9.17, 15) is 4.79 Å². The molecule has 1 aromatic rings. The molecule has 0 spiro atoms. The van der Waals surface area contributed by atoms with Gasteiger partial charge in [-0.1, -0.05) is 30.3 Å². The van der Waals surface area contributed by atoms with E-state index in [0.29, 0.717) is 26.3 Å². The van der Waals surface area contributed by atoms with E-state index in [2.05, 4.69) is 5.43 Å². The molecule has 1 aliphatic rings. The van der Waals surface area contributed by atoms with Crippen molar-refractivity contribution in [1.82, 2.24) is 10.4 Å². The molecule has 0 aromatic heterocycles. The third-order valence-electron chi connectivity index (χ3n) is 3.12. The summed E-state index contributed by atoms with van der Waals surface area (Å²) >= 11 is 0. The van der Waals surface area contributed by atoms with Gasteiger partial charge in [0, 0.05) is 13.1 Å². The summed E-state index contributed by atoms with van der Waals surface area (Å²) in [6.45, 7) is 4.37. The van der Waals surface area contributed by atoms with E-state index in [1.807, 2.05) is 35.3 Å².